The van der Waals surface area contributed by atoms with Gasteiger partial charge in [-0.05, 0) is 51.1 Å². The van der Waals surface area contributed by atoms with Crippen molar-refractivity contribution < 1.29 is 29.0 Å². The molecule has 1 saturated heterocycles. The molecule has 2 heterocycles. The first-order valence-corrected chi connectivity index (χ1v) is 15.3. The molecule has 0 spiro atoms. The Bertz CT molecular complexity index is 1190. The van der Waals surface area contributed by atoms with Crippen molar-refractivity contribution in [2.45, 2.75) is 50.9 Å². The summed E-state index contributed by atoms with van der Waals surface area (Å²) < 4.78 is 5.44. The maximum Gasteiger partial charge on any atom is 0.258 e. The summed E-state index contributed by atoms with van der Waals surface area (Å²) in [5, 5.41) is 22.8. The highest BCUT2D eigenvalue weighted by Crippen LogP contribution is 2.23. The van der Waals surface area contributed by atoms with Gasteiger partial charge in [0.25, 0.3) is 5.91 Å². The van der Waals surface area contributed by atoms with Crippen molar-refractivity contribution in [2.24, 2.45) is 11.8 Å². The zero-order valence-corrected chi connectivity index (χ0v) is 25.3. The number of pyridine rings is 1. The van der Waals surface area contributed by atoms with Gasteiger partial charge in [0, 0.05) is 36.5 Å². The number of hydrogen-bond acceptors (Lipinski definition) is 9. The Morgan fingerprint density at radius 1 is 1.07 bits per heavy atom. The minimum atomic E-state index is -1.58. The van der Waals surface area contributed by atoms with Crippen LogP contribution >= 0.6 is 11.8 Å². The normalized spacial score (nSPS) is 18.8. The number of carbonyl (C=O) groups excluding carboxylic acids is 4. The number of ketones is 1. The number of aliphatic hydroxyl groups excluding tert-OH is 1. The number of aliphatic hydroxyl groups is 1. The van der Waals surface area contributed by atoms with Crippen LogP contribution in [0.1, 0.15) is 26.3 Å². The second kappa shape index (κ2) is 15.7. The summed E-state index contributed by atoms with van der Waals surface area (Å²) in [6.45, 7) is 5.82. The molecule has 1 fully saturated rings. The number of rotatable bonds is 14. The lowest BCUT2D eigenvalue weighted by Gasteiger charge is -2.29. The number of ether oxygens (including phenoxy) is 1. The summed E-state index contributed by atoms with van der Waals surface area (Å²) in [5.74, 6) is -2.57. The molecule has 1 aromatic heterocycles. The number of nitrogens with one attached hydrogen (secondary N) is 4. The number of carbonyl (C=O) groups is 4. The van der Waals surface area contributed by atoms with Gasteiger partial charge in [-0.1, -0.05) is 30.3 Å². The standard InChI is InChI=1S/C30H41N5O6S/c1-30(2,3)35-28(39)22-16-32-15-21(22)26(37)27(38)23(13-19-9-6-5-7-10-19)34-29(40)24(18-42-4)33-25(36)17-41-20-11-8-12-31-14-20/h5-12,14,21-24,27,32,38H,13,15-18H2,1-4H3,(H,33,36)(H,34,40)(H,35,39). The van der Waals surface area contributed by atoms with Crippen molar-refractivity contribution in [1.29, 1.82) is 0 Å². The predicted octanol–water partition coefficient (Wildman–Crippen LogP) is 0.716. The molecule has 0 bridgehead atoms. The van der Waals surface area contributed by atoms with Crippen molar-refractivity contribution in [2.75, 3.05) is 31.7 Å². The number of nitrogens with zero attached hydrogens (tertiary/aromatic N) is 1. The van der Waals surface area contributed by atoms with Gasteiger partial charge in [-0.2, -0.15) is 11.8 Å². The monoisotopic (exact) mass is 599 g/mol. The van der Waals surface area contributed by atoms with Crippen LogP contribution in [0.5, 0.6) is 5.75 Å². The Labute approximate surface area is 251 Å². The van der Waals surface area contributed by atoms with Gasteiger partial charge in [0.1, 0.15) is 17.9 Å². The molecule has 5 N–H and O–H groups in total. The van der Waals surface area contributed by atoms with Crippen molar-refractivity contribution in [3.63, 3.8) is 0 Å². The molecule has 1 aliphatic rings. The minimum absolute atomic E-state index is 0.169. The molecule has 228 valence electrons. The number of hydrogen-bond donors (Lipinski definition) is 5. The summed E-state index contributed by atoms with van der Waals surface area (Å²) in [6, 6.07) is 10.6. The molecule has 3 amide bonds. The van der Waals surface area contributed by atoms with E-state index in [9.17, 15) is 24.3 Å². The SMILES string of the molecule is CSCC(NC(=O)COc1cccnc1)C(=O)NC(Cc1ccccc1)C(O)C(=O)C1CNCC1C(=O)NC(C)(C)C. The van der Waals surface area contributed by atoms with Gasteiger partial charge in [0.15, 0.2) is 12.4 Å². The zero-order chi connectivity index (χ0) is 30.7. The minimum Gasteiger partial charge on any atom is -0.482 e. The van der Waals surface area contributed by atoms with E-state index in [1.807, 2.05) is 51.1 Å². The van der Waals surface area contributed by atoms with Crippen LogP contribution in [-0.2, 0) is 25.6 Å². The molecule has 3 rings (SSSR count). The van der Waals surface area contributed by atoms with E-state index in [-0.39, 0.29) is 31.2 Å². The first kappa shape index (κ1) is 33.0. The van der Waals surface area contributed by atoms with Gasteiger partial charge in [0.05, 0.1) is 18.2 Å². The lowest BCUT2D eigenvalue weighted by Crippen LogP contribution is -2.57. The summed E-state index contributed by atoms with van der Waals surface area (Å²) in [6.07, 6.45) is 3.45. The van der Waals surface area contributed by atoms with Crippen molar-refractivity contribution >= 4 is 35.3 Å². The van der Waals surface area contributed by atoms with E-state index in [0.717, 1.165) is 5.56 Å². The van der Waals surface area contributed by atoms with Crippen LogP contribution in [0.15, 0.2) is 54.9 Å². The van der Waals surface area contributed by atoms with Crippen LogP contribution in [0.25, 0.3) is 0 Å². The second-order valence-electron chi connectivity index (χ2n) is 11.3. The fourth-order valence-electron chi connectivity index (χ4n) is 4.69. The van der Waals surface area contributed by atoms with E-state index in [1.165, 1.54) is 18.0 Å². The zero-order valence-electron chi connectivity index (χ0n) is 24.5. The highest BCUT2D eigenvalue weighted by atomic mass is 32.2. The number of benzene rings is 1. The summed E-state index contributed by atoms with van der Waals surface area (Å²) in [4.78, 5) is 56.5. The second-order valence-corrected chi connectivity index (χ2v) is 12.2. The lowest BCUT2D eigenvalue weighted by molar-refractivity contribution is -0.139. The summed E-state index contributed by atoms with van der Waals surface area (Å²) >= 11 is 1.36. The van der Waals surface area contributed by atoms with E-state index in [4.69, 9.17) is 4.74 Å². The Balaban J connectivity index is 1.73. The molecule has 0 saturated carbocycles. The van der Waals surface area contributed by atoms with Gasteiger partial charge >= 0.3 is 0 Å². The molecular formula is C30H41N5O6S. The molecule has 0 aliphatic carbocycles. The van der Waals surface area contributed by atoms with E-state index in [0.29, 0.717) is 12.3 Å². The van der Waals surface area contributed by atoms with Crippen LogP contribution in [-0.4, -0.2) is 89.0 Å². The van der Waals surface area contributed by atoms with Crippen LogP contribution in [0.4, 0.5) is 0 Å². The van der Waals surface area contributed by atoms with Gasteiger partial charge in [0.2, 0.25) is 11.8 Å². The van der Waals surface area contributed by atoms with Crippen molar-refractivity contribution in [1.82, 2.24) is 26.3 Å². The van der Waals surface area contributed by atoms with Crippen LogP contribution in [0.3, 0.4) is 0 Å². The van der Waals surface area contributed by atoms with E-state index in [1.54, 1.807) is 24.6 Å². The number of amides is 3. The maximum atomic E-state index is 13.6. The topological polar surface area (TPSA) is 159 Å². The average Bonchev–Trinajstić information content (AvgIpc) is 3.45. The molecule has 1 aliphatic heterocycles. The number of aromatic nitrogens is 1. The molecule has 2 aromatic rings. The lowest BCUT2D eigenvalue weighted by atomic mass is 9.85. The molecule has 0 radical (unpaired) electrons. The average molecular weight is 600 g/mol. The quantitative estimate of drug-likeness (QED) is 0.211. The van der Waals surface area contributed by atoms with Crippen LogP contribution in [0, 0.1) is 11.8 Å². The fraction of sp³-hybridized carbons (Fsp3) is 0.500. The third-order valence-corrected chi connectivity index (χ3v) is 7.37. The third kappa shape index (κ3) is 10.1. The summed E-state index contributed by atoms with van der Waals surface area (Å²) in [7, 11) is 0. The molecule has 5 unspecified atom stereocenters. The van der Waals surface area contributed by atoms with Crippen LogP contribution in [0.2, 0.25) is 0 Å². The highest BCUT2D eigenvalue weighted by molar-refractivity contribution is 7.98. The maximum absolute atomic E-state index is 13.6. The van der Waals surface area contributed by atoms with Gasteiger partial charge in [-0.15, -0.1) is 0 Å². The molecule has 5 atom stereocenters. The Morgan fingerprint density at radius 2 is 1.79 bits per heavy atom. The fourth-order valence-corrected chi connectivity index (χ4v) is 5.26. The van der Waals surface area contributed by atoms with E-state index >= 15 is 0 Å². The summed E-state index contributed by atoms with van der Waals surface area (Å²) in [5.41, 5.74) is 0.326. The predicted molar refractivity (Wildman–Crippen MR) is 161 cm³/mol. The molecule has 11 nitrogen and oxygen atoms in total. The Hall–Kier alpha value is -3.48. The van der Waals surface area contributed by atoms with Crippen molar-refractivity contribution in [3.05, 3.63) is 60.4 Å². The van der Waals surface area contributed by atoms with E-state index in [2.05, 4.69) is 26.3 Å². The Morgan fingerprint density at radius 3 is 2.43 bits per heavy atom. The number of Topliss-reactive ketones (excluding diaryl/α,β-unsaturated/α-hetero) is 1. The largest absolute Gasteiger partial charge is 0.482 e. The highest BCUT2D eigenvalue weighted by Gasteiger charge is 2.43. The smallest absolute Gasteiger partial charge is 0.258 e. The van der Waals surface area contributed by atoms with Gasteiger partial charge in [-0.25, -0.2) is 0 Å². The number of thioether (sulfide) groups is 1. The van der Waals surface area contributed by atoms with Crippen LogP contribution < -0.4 is 26.0 Å². The van der Waals surface area contributed by atoms with Gasteiger partial charge < -0.3 is 31.1 Å². The van der Waals surface area contributed by atoms with E-state index < -0.39 is 53.2 Å². The Kier molecular flexibility index (Phi) is 12.3. The van der Waals surface area contributed by atoms with Gasteiger partial charge in [-0.3, -0.25) is 24.2 Å². The molecular weight excluding hydrogens is 558 g/mol. The molecule has 42 heavy (non-hydrogen) atoms. The first-order valence-electron chi connectivity index (χ1n) is 13.9. The first-order chi connectivity index (χ1) is 20.0. The molecule has 1 aromatic carbocycles. The molecule has 12 heteroatoms. The third-order valence-electron chi connectivity index (χ3n) is 6.70. The van der Waals surface area contributed by atoms with Crippen molar-refractivity contribution in [3.8, 4) is 5.75 Å².